The number of fused-ring (bicyclic) bond motifs is 1. The van der Waals surface area contributed by atoms with Crippen LogP contribution in [-0.4, -0.2) is 51.2 Å². The van der Waals surface area contributed by atoms with Gasteiger partial charge in [-0.3, -0.25) is 9.78 Å². The summed E-state index contributed by atoms with van der Waals surface area (Å²) in [6.45, 7) is 0.519. The van der Waals surface area contributed by atoms with Crippen molar-refractivity contribution in [3.63, 3.8) is 0 Å². The van der Waals surface area contributed by atoms with Crippen LogP contribution in [0.15, 0.2) is 67.0 Å². The highest BCUT2D eigenvalue weighted by Crippen LogP contribution is 2.21. The van der Waals surface area contributed by atoms with Crippen LogP contribution in [0.5, 0.6) is 0 Å². The molecule has 166 valence electrons. The molecule has 0 bridgehead atoms. The van der Waals surface area contributed by atoms with Crippen LogP contribution < -0.4 is 10.2 Å². The van der Waals surface area contributed by atoms with E-state index in [0.717, 1.165) is 0 Å². The van der Waals surface area contributed by atoms with Crippen molar-refractivity contribution >= 4 is 22.8 Å². The van der Waals surface area contributed by atoms with Crippen molar-refractivity contribution in [2.45, 2.75) is 12.1 Å². The number of carbonyl (C=O) groups is 1. The number of β-amino-alcohol motifs (C(OH)–C–C–N with tert-alkyl or cyclic N) is 1. The summed E-state index contributed by atoms with van der Waals surface area (Å²) in [5, 5.41) is 14.0. The van der Waals surface area contributed by atoms with Crippen LogP contribution in [0.25, 0.3) is 22.2 Å². The lowest BCUT2D eigenvalue weighted by Crippen LogP contribution is -2.42. The maximum absolute atomic E-state index is 13.5. The lowest BCUT2D eigenvalue weighted by Gasteiger charge is -2.17. The minimum atomic E-state index is -0.833. The molecule has 0 spiro atoms. The van der Waals surface area contributed by atoms with Gasteiger partial charge in [0.25, 0.3) is 5.91 Å². The Bertz CT molecular complexity index is 1330. The first-order valence-electron chi connectivity index (χ1n) is 10.3. The number of aliphatic hydroxyl groups excluding tert-OH is 1. The van der Waals surface area contributed by atoms with E-state index < -0.39 is 18.0 Å². The normalized spacial score (nSPS) is 18.0. The molecule has 33 heavy (non-hydrogen) atoms. The second kappa shape index (κ2) is 8.51. The van der Waals surface area contributed by atoms with Crippen LogP contribution in [0.4, 0.5) is 14.7 Å². The van der Waals surface area contributed by atoms with Gasteiger partial charge >= 0.3 is 0 Å². The van der Waals surface area contributed by atoms with Crippen LogP contribution in [0.3, 0.4) is 0 Å². The fourth-order valence-electron chi connectivity index (χ4n) is 3.83. The summed E-state index contributed by atoms with van der Waals surface area (Å²) < 4.78 is 27.0. The van der Waals surface area contributed by atoms with E-state index >= 15 is 0 Å². The summed E-state index contributed by atoms with van der Waals surface area (Å²) in [4.78, 5) is 27.4. The fraction of sp³-hybridized carbons (Fsp3) is 0.167. The van der Waals surface area contributed by atoms with Crippen LogP contribution >= 0.6 is 0 Å². The second-order valence-electron chi connectivity index (χ2n) is 7.87. The van der Waals surface area contributed by atoms with Gasteiger partial charge in [-0.2, -0.15) is 0 Å². The van der Waals surface area contributed by atoms with E-state index in [1.54, 1.807) is 41.4 Å². The predicted octanol–water partition coefficient (Wildman–Crippen LogP) is 2.95. The third kappa shape index (κ3) is 4.35. The number of nitrogens with zero attached hydrogens (tertiary/aromatic N) is 4. The third-order valence-electron chi connectivity index (χ3n) is 5.57. The zero-order valence-corrected chi connectivity index (χ0v) is 17.3. The van der Waals surface area contributed by atoms with Gasteiger partial charge in [-0.1, -0.05) is 12.1 Å². The van der Waals surface area contributed by atoms with Gasteiger partial charge in [-0.05, 0) is 36.4 Å². The first kappa shape index (κ1) is 20.9. The van der Waals surface area contributed by atoms with Gasteiger partial charge in [0.1, 0.15) is 11.6 Å². The van der Waals surface area contributed by atoms with Gasteiger partial charge < -0.3 is 15.3 Å². The minimum absolute atomic E-state index is 0.225. The molecule has 3 heterocycles. The van der Waals surface area contributed by atoms with Crippen molar-refractivity contribution in [3.05, 3.63) is 84.2 Å². The third-order valence-corrected chi connectivity index (χ3v) is 5.57. The van der Waals surface area contributed by atoms with Gasteiger partial charge in [0.15, 0.2) is 0 Å². The molecule has 0 saturated carbocycles. The highest BCUT2D eigenvalue weighted by molar-refractivity contribution is 5.94. The predicted molar refractivity (Wildman–Crippen MR) is 119 cm³/mol. The van der Waals surface area contributed by atoms with E-state index in [-0.39, 0.29) is 18.3 Å². The largest absolute Gasteiger partial charge is 0.389 e. The first-order valence-corrected chi connectivity index (χ1v) is 10.3. The molecule has 5 rings (SSSR count). The number of benzene rings is 2. The average Bonchev–Trinajstić information content (AvgIpc) is 3.18. The lowest BCUT2D eigenvalue weighted by molar-refractivity contribution is 0.0888. The first-order chi connectivity index (χ1) is 16.0. The molecule has 0 aliphatic carbocycles. The number of hydrogen-bond donors (Lipinski definition) is 2. The monoisotopic (exact) mass is 447 g/mol. The number of aromatic nitrogens is 3. The standard InChI is InChI=1S/C24H19F2N5O2/c25-17-3-1-2-14(8-17)19-7-5-16(11-27-19)23(33)29-21-12-31(13-22(21)32)24-28-10-15-4-6-18(26)9-20(15)30-24/h1-11,21-22,32H,12-13H2,(H,29,33). The SMILES string of the molecule is O=C(NC1CN(c2ncc3ccc(F)cc3n2)CC1O)c1ccc(-c2cccc(F)c2)nc1. The Hall–Kier alpha value is -3.98. The molecule has 2 unspecified atom stereocenters. The van der Waals surface area contributed by atoms with Gasteiger partial charge in [-0.25, -0.2) is 18.7 Å². The number of pyridine rings is 1. The van der Waals surface area contributed by atoms with E-state index in [1.165, 1.54) is 30.5 Å². The quantitative estimate of drug-likeness (QED) is 0.500. The van der Waals surface area contributed by atoms with E-state index in [9.17, 15) is 18.7 Å². The van der Waals surface area contributed by atoms with Gasteiger partial charge in [0, 0.05) is 42.5 Å². The molecule has 2 aromatic heterocycles. The number of hydrogen-bond acceptors (Lipinski definition) is 6. The van der Waals surface area contributed by atoms with Crippen LogP contribution in [0, 0.1) is 11.6 Å². The molecule has 2 atom stereocenters. The van der Waals surface area contributed by atoms with Crippen molar-refractivity contribution in [1.29, 1.82) is 0 Å². The van der Waals surface area contributed by atoms with Gasteiger partial charge in [0.2, 0.25) is 5.95 Å². The highest BCUT2D eigenvalue weighted by Gasteiger charge is 2.34. The zero-order valence-electron chi connectivity index (χ0n) is 17.3. The zero-order chi connectivity index (χ0) is 22.9. The Morgan fingerprint density at radius 2 is 1.85 bits per heavy atom. The molecule has 1 fully saturated rings. The Morgan fingerprint density at radius 1 is 1.00 bits per heavy atom. The van der Waals surface area contributed by atoms with Crippen molar-refractivity contribution in [3.8, 4) is 11.3 Å². The molecular formula is C24H19F2N5O2. The molecule has 0 radical (unpaired) electrons. The van der Waals surface area contributed by atoms with Gasteiger partial charge in [0.05, 0.1) is 28.9 Å². The number of aliphatic hydroxyl groups is 1. The summed E-state index contributed by atoms with van der Waals surface area (Å²) in [5.74, 6) is -0.794. The number of anilines is 1. The van der Waals surface area contributed by atoms with E-state index in [4.69, 9.17) is 0 Å². The molecule has 2 aromatic carbocycles. The maximum atomic E-state index is 13.5. The Morgan fingerprint density at radius 3 is 2.64 bits per heavy atom. The molecular weight excluding hydrogens is 428 g/mol. The number of carbonyl (C=O) groups excluding carboxylic acids is 1. The summed E-state index contributed by atoms with van der Waals surface area (Å²) in [6, 6.07) is 13.0. The van der Waals surface area contributed by atoms with Gasteiger partial charge in [-0.15, -0.1) is 0 Å². The molecule has 4 aromatic rings. The van der Waals surface area contributed by atoms with Crippen LogP contribution in [0.1, 0.15) is 10.4 Å². The minimum Gasteiger partial charge on any atom is -0.389 e. The molecule has 2 N–H and O–H groups in total. The average molecular weight is 447 g/mol. The number of nitrogens with one attached hydrogen (secondary N) is 1. The Balaban J connectivity index is 1.27. The molecule has 1 aliphatic rings. The maximum Gasteiger partial charge on any atom is 0.253 e. The lowest BCUT2D eigenvalue weighted by atomic mass is 10.1. The Labute approximate surface area is 187 Å². The molecule has 9 heteroatoms. The van der Waals surface area contributed by atoms with E-state index in [0.29, 0.717) is 40.2 Å². The molecule has 1 aliphatic heterocycles. The number of rotatable bonds is 4. The summed E-state index contributed by atoms with van der Waals surface area (Å²) in [6.07, 6.45) is 2.18. The van der Waals surface area contributed by atoms with E-state index in [2.05, 4.69) is 20.3 Å². The van der Waals surface area contributed by atoms with Crippen molar-refractivity contribution in [2.75, 3.05) is 18.0 Å². The van der Waals surface area contributed by atoms with Crippen LogP contribution in [0.2, 0.25) is 0 Å². The molecule has 1 saturated heterocycles. The summed E-state index contributed by atoms with van der Waals surface area (Å²) in [5.41, 5.74) is 1.94. The smallest absolute Gasteiger partial charge is 0.253 e. The summed E-state index contributed by atoms with van der Waals surface area (Å²) in [7, 11) is 0. The number of amides is 1. The topological polar surface area (TPSA) is 91.2 Å². The van der Waals surface area contributed by atoms with Crippen molar-refractivity contribution < 1.29 is 18.7 Å². The highest BCUT2D eigenvalue weighted by atomic mass is 19.1. The second-order valence-corrected chi connectivity index (χ2v) is 7.87. The summed E-state index contributed by atoms with van der Waals surface area (Å²) >= 11 is 0. The fourth-order valence-corrected chi connectivity index (χ4v) is 3.83. The van der Waals surface area contributed by atoms with Crippen LogP contribution in [-0.2, 0) is 0 Å². The van der Waals surface area contributed by atoms with Crippen molar-refractivity contribution in [2.24, 2.45) is 0 Å². The molecule has 1 amide bonds. The van der Waals surface area contributed by atoms with E-state index in [1.807, 2.05) is 0 Å². The molecule has 7 nitrogen and oxygen atoms in total. The van der Waals surface area contributed by atoms with Crippen molar-refractivity contribution in [1.82, 2.24) is 20.3 Å². The Kier molecular flexibility index (Phi) is 5.39. The number of halogens is 2.